The summed E-state index contributed by atoms with van der Waals surface area (Å²) in [5.74, 6) is 0.486. The van der Waals surface area contributed by atoms with Crippen molar-refractivity contribution in [3.63, 3.8) is 0 Å². The molecule has 1 aliphatic carbocycles. The number of hydrogen-bond donors (Lipinski definition) is 2. The van der Waals surface area contributed by atoms with E-state index in [1.807, 2.05) is 19.1 Å². The molecule has 0 heterocycles. The second kappa shape index (κ2) is 10.3. The van der Waals surface area contributed by atoms with Gasteiger partial charge in [0.15, 0.2) is 18.1 Å². The molecule has 1 saturated carbocycles. The molecule has 2 N–H and O–H groups in total. The van der Waals surface area contributed by atoms with Gasteiger partial charge < -0.3 is 20.1 Å². The lowest BCUT2D eigenvalue weighted by Crippen LogP contribution is -2.36. The Labute approximate surface area is 181 Å². The molecule has 0 unspecified atom stereocenters. The molecule has 1 fully saturated rings. The molecule has 6 nitrogen and oxygen atoms in total. The van der Waals surface area contributed by atoms with Gasteiger partial charge in [0.1, 0.15) is 0 Å². The number of carbonyl (C=O) groups is 2. The molecule has 0 aromatic heterocycles. The molecule has 160 valence electrons. The Bertz CT molecular complexity index is 910. The van der Waals surface area contributed by atoms with Crippen molar-refractivity contribution in [2.75, 3.05) is 19.0 Å². The van der Waals surface area contributed by atoms with Crippen LogP contribution in [0.25, 0.3) is 0 Å². The number of aryl methyl sites for hydroxylation is 1. The minimum absolute atomic E-state index is 0.179. The Morgan fingerprint density at radius 1 is 1.07 bits per heavy atom. The van der Waals surface area contributed by atoms with E-state index in [4.69, 9.17) is 21.1 Å². The monoisotopic (exact) mass is 430 g/mol. The van der Waals surface area contributed by atoms with E-state index in [2.05, 4.69) is 10.6 Å². The van der Waals surface area contributed by atoms with Gasteiger partial charge in [-0.1, -0.05) is 36.9 Å². The van der Waals surface area contributed by atoms with Crippen LogP contribution in [0.15, 0.2) is 36.4 Å². The maximum atomic E-state index is 12.6. The van der Waals surface area contributed by atoms with Gasteiger partial charge in [-0.05, 0) is 55.7 Å². The fraction of sp³-hybridized carbons (Fsp3) is 0.391. The van der Waals surface area contributed by atoms with Crippen molar-refractivity contribution in [1.29, 1.82) is 0 Å². The fourth-order valence-corrected chi connectivity index (χ4v) is 3.72. The number of amides is 2. The van der Waals surface area contributed by atoms with Gasteiger partial charge in [0, 0.05) is 11.7 Å². The van der Waals surface area contributed by atoms with Crippen molar-refractivity contribution < 1.29 is 19.1 Å². The van der Waals surface area contributed by atoms with Crippen LogP contribution in [0.4, 0.5) is 5.69 Å². The highest BCUT2D eigenvalue weighted by molar-refractivity contribution is 6.34. The number of methoxy groups -OCH3 is 1. The molecule has 0 bridgehead atoms. The predicted molar refractivity (Wildman–Crippen MR) is 118 cm³/mol. The summed E-state index contributed by atoms with van der Waals surface area (Å²) < 4.78 is 10.9. The van der Waals surface area contributed by atoms with Crippen LogP contribution in [-0.4, -0.2) is 31.6 Å². The summed E-state index contributed by atoms with van der Waals surface area (Å²) in [5.41, 5.74) is 1.86. The van der Waals surface area contributed by atoms with Gasteiger partial charge in [-0.15, -0.1) is 0 Å². The van der Waals surface area contributed by atoms with Gasteiger partial charge in [-0.25, -0.2) is 0 Å². The summed E-state index contributed by atoms with van der Waals surface area (Å²) in [6.07, 6.45) is 5.44. The van der Waals surface area contributed by atoms with Crippen LogP contribution in [0.2, 0.25) is 5.02 Å². The molecular weight excluding hydrogens is 404 g/mol. The molecule has 0 saturated heterocycles. The van der Waals surface area contributed by atoms with Gasteiger partial charge in [0.2, 0.25) is 0 Å². The number of benzene rings is 2. The first-order valence-electron chi connectivity index (χ1n) is 10.1. The summed E-state index contributed by atoms with van der Waals surface area (Å²) in [4.78, 5) is 25.0. The summed E-state index contributed by atoms with van der Waals surface area (Å²) in [5, 5.41) is 6.14. The Hall–Kier alpha value is -2.73. The molecule has 0 aliphatic heterocycles. The van der Waals surface area contributed by atoms with Crippen molar-refractivity contribution in [1.82, 2.24) is 5.32 Å². The summed E-state index contributed by atoms with van der Waals surface area (Å²) in [6.45, 7) is 1.76. The number of carbonyl (C=O) groups excluding carboxylic acids is 2. The molecule has 7 heteroatoms. The van der Waals surface area contributed by atoms with Gasteiger partial charge in [-0.3, -0.25) is 9.59 Å². The molecule has 2 aromatic rings. The zero-order chi connectivity index (χ0) is 21.5. The quantitative estimate of drug-likeness (QED) is 0.665. The van der Waals surface area contributed by atoms with Crippen LogP contribution >= 0.6 is 11.6 Å². The van der Waals surface area contributed by atoms with Crippen molar-refractivity contribution in [3.05, 3.63) is 52.5 Å². The van der Waals surface area contributed by atoms with Gasteiger partial charge in [-0.2, -0.15) is 0 Å². The topological polar surface area (TPSA) is 76.7 Å². The average Bonchev–Trinajstić information content (AvgIpc) is 2.74. The highest BCUT2D eigenvalue weighted by atomic mass is 35.5. The van der Waals surface area contributed by atoms with Crippen molar-refractivity contribution in [2.45, 2.75) is 45.1 Å². The third-order valence-electron chi connectivity index (χ3n) is 5.11. The molecule has 3 rings (SSSR count). The van der Waals surface area contributed by atoms with Gasteiger partial charge >= 0.3 is 0 Å². The Morgan fingerprint density at radius 3 is 2.57 bits per heavy atom. The van der Waals surface area contributed by atoms with E-state index in [-0.39, 0.29) is 24.5 Å². The van der Waals surface area contributed by atoms with E-state index in [9.17, 15) is 9.59 Å². The van der Waals surface area contributed by atoms with E-state index >= 15 is 0 Å². The number of hydrogen-bond acceptors (Lipinski definition) is 4. The lowest BCUT2D eigenvalue weighted by molar-refractivity contribution is -0.118. The lowest BCUT2D eigenvalue weighted by Gasteiger charge is -2.23. The van der Waals surface area contributed by atoms with Gasteiger partial charge in [0.25, 0.3) is 11.8 Å². The zero-order valence-corrected chi connectivity index (χ0v) is 18.1. The third kappa shape index (κ3) is 5.89. The van der Waals surface area contributed by atoms with Crippen molar-refractivity contribution >= 4 is 29.1 Å². The summed E-state index contributed by atoms with van der Waals surface area (Å²) >= 11 is 6.22. The minimum atomic E-state index is -0.349. The number of rotatable bonds is 7. The number of ether oxygens (including phenoxy) is 2. The molecule has 2 amide bonds. The first kappa shape index (κ1) is 22.0. The Balaban J connectivity index is 1.60. The molecule has 0 spiro atoms. The van der Waals surface area contributed by atoms with E-state index < -0.39 is 0 Å². The van der Waals surface area contributed by atoms with Gasteiger partial charge in [0.05, 0.1) is 17.7 Å². The minimum Gasteiger partial charge on any atom is -0.493 e. The second-order valence-corrected chi connectivity index (χ2v) is 7.90. The SMILES string of the molecule is COc1cc(C)ccc1OCC(=O)Nc1ccc(Cl)c(C(=O)NC2CCCCC2)c1. The molecule has 2 aromatic carbocycles. The standard InChI is InChI=1S/C23H27ClN2O4/c1-15-8-11-20(21(12-15)29-2)30-14-22(27)25-17-9-10-19(24)18(13-17)23(28)26-16-6-4-3-5-7-16/h8-13,16H,3-7,14H2,1-2H3,(H,25,27)(H,26,28). The maximum Gasteiger partial charge on any atom is 0.262 e. The van der Waals surface area contributed by atoms with Crippen LogP contribution in [0.3, 0.4) is 0 Å². The van der Waals surface area contributed by atoms with Crippen molar-refractivity contribution in [3.8, 4) is 11.5 Å². The van der Waals surface area contributed by atoms with Crippen molar-refractivity contribution in [2.24, 2.45) is 0 Å². The van der Waals surface area contributed by atoms with Crippen LogP contribution in [0.5, 0.6) is 11.5 Å². The average molecular weight is 431 g/mol. The van der Waals surface area contributed by atoms with Crippen LogP contribution in [0, 0.1) is 6.92 Å². The molecular formula is C23H27ClN2O4. The van der Waals surface area contributed by atoms with E-state index in [1.165, 1.54) is 6.42 Å². The molecule has 1 aliphatic rings. The lowest BCUT2D eigenvalue weighted by atomic mass is 9.95. The molecule has 0 radical (unpaired) electrons. The van der Waals surface area contributed by atoms with Crippen LogP contribution in [-0.2, 0) is 4.79 Å². The first-order chi connectivity index (χ1) is 14.5. The molecule has 0 atom stereocenters. The summed E-state index contributed by atoms with van der Waals surface area (Å²) in [7, 11) is 1.55. The number of nitrogens with one attached hydrogen (secondary N) is 2. The largest absolute Gasteiger partial charge is 0.493 e. The highest BCUT2D eigenvalue weighted by Crippen LogP contribution is 2.28. The predicted octanol–water partition coefficient (Wildman–Crippen LogP) is 4.74. The van der Waals surface area contributed by atoms with E-state index in [1.54, 1.807) is 31.4 Å². The second-order valence-electron chi connectivity index (χ2n) is 7.49. The highest BCUT2D eigenvalue weighted by Gasteiger charge is 2.19. The van der Waals surface area contributed by atoms with Crippen LogP contribution < -0.4 is 20.1 Å². The maximum absolute atomic E-state index is 12.6. The third-order valence-corrected chi connectivity index (χ3v) is 5.44. The molecule has 30 heavy (non-hydrogen) atoms. The van der Waals surface area contributed by atoms with E-state index in [0.717, 1.165) is 31.2 Å². The Morgan fingerprint density at radius 2 is 1.83 bits per heavy atom. The van der Waals surface area contributed by atoms with Crippen LogP contribution in [0.1, 0.15) is 48.0 Å². The Kier molecular flexibility index (Phi) is 7.57. The fourth-order valence-electron chi connectivity index (χ4n) is 3.52. The number of anilines is 1. The van der Waals surface area contributed by atoms with E-state index in [0.29, 0.717) is 27.8 Å². The first-order valence-corrected chi connectivity index (χ1v) is 10.5. The zero-order valence-electron chi connectivity index (χ0n) is 17.3. The smallest absolute Gasteiger partial charge is 0.262 e. The normalized spacial score (nSPS) is 14.1. The summed E-state index contributed by atoms with van der Waals surface area (Å²) in [6, 6.07) is 10.5. The number of halogens is 1.